The summed E-state index contributed by atoms with van der Waals surface area (Å²) < 4.78 is 91.7. The molecule has 34 heavy (non-hydrogen) atoms. The standard InChI is InChI=1S/C18H17N3O10S3/c19-12-4-5-15-11(8-12)9-16(33(25,26)27)17(18(15)22)21-20-13-2-1-3-14(10-13)32(23,24)7-6-31-34(28,29)30/h1-5,8-10,22H,6-7,19H2,(H,25,26,27)(H,28,29,30). The Kier molecular flexibility index (Phi) is 6.92. The van der Waals surface area contributed by atoms with Gasteiger partial charge in [0.05, 0.1) is 22.9 Å². The van der Waals surface area contributed by atoms with Gasteiger partial charge in [-0.1, -0.05) is 6.07 Å². The Morgan fingerprint density at radius 2 is 1.62 bits per heavy atom. The first-order chi connectivity index (χ1) is 15.7. The number of sulfone groups is 1. The van der Waals surface area contributed by atoms with E-state index in [9.17, 15) is 34.9 Å². The molecule has 3 rings (SSSR count). The molecule has 0 bridgehead atoms. The van der Waals surface area contributed by atoms with E-state index in [1.54, 1.807) is 0 Å². The van der Waals surface area contributed by atoms with Gasteiger partial charge >= 0.3 is 10.4 Å². The van der Waals surface area contributed by atoms with Gasteiger partial charge in [-0.15, -0.1) is 5.11 Å². The molecular formula is C18H17N3O10S3. The number of aromatic hydroxyl groups is 1. The number of azo groups is 1. The topological polar surface area (TPSA) is 223 Å². The molecule has 0 unspecified atom stereocenters. The van der Waals surface area contributed by atoms with E-state index in [4.69, 9.17) is 10.3 Å². The lowest BCUT2D eigenvalue weighted by molar-refractivity contribution is 0.284. The average Bonchev–Trinajstić information content (AvgIpc) is 2.71. The van der Waals surface area contributed by atoms with Gasteiger partial charge in [0.25, 0.3) is 10.1 Å². The zero-order chi connectivity index (χ0) is 25.3. The zero-order valence-electron chi connectivity index (χ0n) is 16.9. The lowest BCUT2D eigenvalue weighted by Gasteiger charge is -2.09. The lowest BCUT2D eigenvalue weighted by Crippen LogP contribution is -2.15. The third kappa shape index (κ3) is 6.04. The molecule has 13 nitrogen and oxygen atoms in total. The summed E-state index contributed by atoms with van der Waals surface area (Å²) in [7, 11) is -13.7. The van der Waals surface area contributed by atoms with Crippen LogP contribution in [0.25, 0.3) is 10.8 Å². The predicted octanol–water partition coefficient (Wildman–Crippen LogP) is 2.38. The van der Waals surface area contributed by atoms with Crippen LogP contribution in [0.2, 0.25) is 0 Å². The molecule has 0 amide bonds. The largest absolute Gasteiger partial charge is 0.505 e. The smallest absolute Gasteiger partial charge is 0.397 e. The monoisotopic (exact) mass is 531 g/mol. The van der Waals surface area contributed by atoms with Crippen LogP contribution in [0.15, 0.2) is 68.6 Å². The van der Waals surface area contributed by atoms with Gasteiger partial charge in [0, 0.05) is 11.1 Å². The Labute approximate surface area is 194 Å². The van der Waals surface area contributed by atoms with E-state index in [2.05, 4.69) is 14.4 Å². The van der Waals surface area contributed by atoms with E-state index < -0.39 is 59.0 Å². The molecule has 16 heteroatoms. The fourth-order valence-electron chi connectivity index (χ4n) is 2.88. The Morgan fingerprint density at radius 1 is 0.912 bits per heavy atom. The maximum Gasteiger partial charge on any atom is 0.397 e. The van der Waals surface area contributed by atoms with Crippen LogP contribution in [-0.2, 0) is 34.5 Å². The first-order valence-corrected chi connectivity index (χ1v) is 13.5. The van der Waals surface area contributed by atoms with Crippen LogP contribution in [0.5, 0.6) is 5.75 Å². The third-order valence-corrected chi connectivity index (χ3v) is 7.39. The summed E-state index contributed by atoms with van der Waals surface area (Å²) in [5.74, 6) is -1.39. The number of rotatable bonds is 8. The number of phenolic OH excluding ortho intramolecular Hbond substituents is 1. The number of nitrogen functional groups attached to an aromatic ring is 1. The van der Waals surface area contributed by atoms with E-state index in [0.717, 1.165) is 12.1 Å². The first kappa shape index (κ1) is 25.5. The molecule has 0 aliphatic carbocycles. The van der Waals surface area contributed by atoms with Crippen molar-refractivity contribution in [2.24, 2.45) is 10.2 Å². The van der Waals surface area contributed by atoms with Crippen molar-refractivity contribution in [1.29, 1.82) is 0 Å². The van der Waals surface area contributed by atoms with Crippen LogP contribution < -0.4 is 5.73 Å². The molecule has 5 N–H and O–H groups in total. The van der Waals surface area contributed by atoms with Crippen LogP contribution in [-0.4, -0.2) is 51.8 Å². The van der Waals surface area contributed by atoms with Gasteiger partial charge in [-0.25, -0.2) is 12.6 Å². The van der Waals surface area contributed by atoms with Crippen molar-refractivity contribution in [3.8, 4) is 5.75 Å². The Hall–Kier alpha value is -3.15. The van der Waals surface area contributed by atoms with Gasteiger partial charge in [0.15, 0.2) is 15.6 Å². The van der Waals surface area contributed by atoms with Crippen molar-refractivity contribution in [2.45, 2.75) is 9.79 Å². The number of anilines is 1. The fourth-order valence-corrected chi connectivity index (χ4v) is 5.06. The average molecular weight is 532 g/mol. The SMILES string of the molecule is Nc1ccc2c(O)c(N=Nc3cccc(S(=O)(=O)CCOS(=O)(=O)O)c3)c(S(=O)(=O)O)cc2c1. The molecular weight excluding hydrogens is 514 g/mol. The van der Waals surface area contributed by atoms with Crippen LogP contribution in [0, 0.1) is 0 Å². The van der Waals surface area contributed by atoms with Crippen molar-refractivity contribution in [2.75, 3.05) is 18.1 Å². The second kappa shape index (κ2) is 9.24. The van der Waals surface area contributed by atoms with Gasteiger partial charge in [0.1, 0.15) is 10.6 Å². The Morgan fingerprint density at radius 3 is 2.26 bits per heavy atom. The summed E-state index contributed by atoms with van der Waals surface area (Å²) >= 11 is 0. The molecule has 3 aromatic rings. The maximum atomic E-state index is 12.4. The molecule has 0 aliphatic rings. The number of hydrogen-bond acceptors (Lipinski definition) is 11. The highest BCUT2D eigenvalue weighted by molar-refractivity contribution is 7.91. The van der Waals surface area contributed by atoms with Crippen molar-refractivity contribution in [1.82, 2.24) is 0 Å². The summed E-state index contributed by atoms with van der Waals surface area (Å²) in [6.45, 7) is -0.833. The van der Waals surface area contributed by atoms with Crippen LogP contribution in [0.1, 0.15) is 0 Å². The van der Waals surface area contributed by atoms with E-state index in [0.29, 0.717) is 0 Å². The maximum absolute atomic E-state index is 12.4. The molecule has 0 aromatic heterocycles. The highest BCUT2D eigenvalue weighted by atomic mass is 32.3. The van der Waals surface area contributed by atoms with E-state index >= 15 is 0 Å². The van der Waals surface area contributed by atoms with Gasteiger partial charge in [-0.2, -0.15) is 21.9 Å². The summed E-state index contributed by atoms with van der Waals surface area (Å²) in [5, 5.41) is 18.4. The van der Waals surface area contributed by atoms with Gasteiger partial charge < -0.3 is 10.8 Å². The molecule has 0 saturated heterocycles. The third-order valence-electron chi connectivity index (χ3n) is 4.38. The molecule has 0 atom stereocenters. The Balaban J connectivity index is 2.01. The minimum Gasteiger partial charge on any atom is -0.505 e. The molecule has 0 radical (unpaired) electrons. The van der Waals surface area contributed by atoms with Crippen molar-refractivity contribution < 1.29 is 43.6 Å². The van der Waals surface area contributed by atoms with E-state index in [1.165, 1.54) is 36.4 Å². The van der Waals surface area contributed by atoms with Crippen molar-refractivity contribution >= 4 is 58.2 Å². The highest BCUT2D eigenvalue weighted by Gasteiger charge is 2.22. The number of benzene rings is 3. The summed E-state index contributed by atoms with van der Waals surface area (Å²) in [6, 6.07) is 10.1. The number of hydrogen-bond donors (Lipinski definition) is 4. The van der Waals surface area contributed by atoms with E-state index in [-0.39, 0.29) is 27.0 Å². The molecule has 0 fully saturated rings. The van der Waals surface area contributed by atoms with Crippen molar-refractivity contribution in [3.63, 3.8) is 0 Å². The normalized spacial score (nSPS) is 13.0. The lowest BCUT2D eigenvalue weighted by atomic mass is 10.1. The van der Waals surface area contributed by atoms with Gasteiger partial charge in [0.2, 0.25) is 0 Å². The van der Waals surface area contributed by atoms with Gasteiger partial charge in [-0.3, -0.25) is 9.11 Å². The minimum atomic E-state index is -4.85. The van der Waals surface area contributed by atoms with Crippen LogP contribution in [0.4, 0.5) is 17.1 Å². The van der Waals surface area contributed by atoms with E-state index in [1.807, 2.05) is 0 Å². The molecule has 0 spiro atoms. The number of phenols is 1. The zero-order valence-corrected chi connectivity index (χ0v) is 19.4. The van der Waals surface area contributed by atoms with Crippen LogP contribution >= 0.6 is 0 Å². The first-order valence-electron chi connectivity index (χ1n) is 9.06. The molecule has 182 valence electrons. The molecule has 0 aliphatic heterocycles. The second-order valence-corrected chi connectivity index (χ2v) is 11.4. The summed E-state index contributed by atoms with van der Waals surface area (Å²) in [5.41, 5.74) is 5.29. The minimum absolute atomic E-state index is 0.0742. The highest BCUT2D eigenvalue weighted by Crippen LogP contribution is 2.41. The number of fused-ring (bicyclic) bond motifs is 1. The second-order valence-electron chi connectivity index (χ2n) is 6.79. The van der Waals surface area contributed by atoms with Crippen LogP contribution in [0.3, 0.4) is 0 Å². The predicted molar refractivity (Wildman–Crippen MR) is 120 cm³/mol. The molecule has 0 saturated carbocycles. The number of nitrogens with two attached hydrogens (primary N) is 1. The van der Waals surface area contributed by atoms with Gasteiger partial charge in [-0.05, 0) is 47.9 Å². The number of nitrogens with zero attached hydrogens (tertiary/aromatic N) is 2. The summed E-state index contributed by atoms with van der Waals surface area (Å²) in [4.78, 5) is -1.05. The van der Waals surface area contributed by atoms with Crippen molar-refractivity contribution in [3.05, 3.63) is 48.5 Å². The summed E-state index contributed by atoms with van der Waals surface area (Å²) in [6.07, 6.45) is 0. The Bertz CT molecular complexity index is 1620. The molecule has 3 aromatic carbocycles. The molecule has 0 heterocycles. The fraction of sp³-hybridized carbons (Fsp3) is 0.111. The quantitative estimate of drug-likeness (QED) is 0.187.